The average molecular weight is 335 g/mol. The van der Waals surface area contributed by atoms with Gasteiger partial charge in [0.25, 0.3) is 5.91 Å². The van der Waals surface area contributed by atoms with Crippen LogP contribution in [0.25, 0.3) is 0 Å². The molecule has 0 N–H and O–H groups in total. The highest BCUT2D eigenvalue weighted by Crippen LogP contribution is 2.21. The number of carbonyl (C=O) groups is 1. The average Bonchev–Trinajstić information content (AvgIpc) is 2.68. The minimum Gasteiger partial charge on any atom is -0.456 e. The number of benzene rings is 1. The summed E-state index contributed by atoms with van der Waals surface area (Å²) in [5.41, 5.74) is 0.676. The van der Waals surface area contributed by atoms with Crippen LogP contribution in [-0.4, -0.2) is 53.4 Å². The molecule has 25 heavy (non-hydrogen) atoms. The van der Waals surface area contributed by atoms with Crippen molar-refractivity contribution < 1.29 is 9.53 Å². The highest BCUT2D eigenvalue weighted by molar-refractivity contribution is 5.94. The number of carbonyl (C=O) groups excluding carboxylic acids is 1. The molecule has 1 amide bonds. The Morgan fingerprint density at radius 2 is 1.88 bits per heavy atom. The number of rotatable bonds is 5. The van der Waals surface area contributed by atoms with Crippen LogP contribution in [0.4, 0.5) is 0 Å². The van der Waals surface area contributed by atoms with E-state index < -0.39 is 0 Å². The fourth-order valence-corrected chi connectivity index (χ4v) is 2.79. The summed E-state index contributed by atoms with van der Waals surface area (Å²) < 4.78 is 5.70. The second kappa shape index (κ2) is 8.32. The smallest absolute Gasteiger partial charge is 0.253 e. The van der Waals surface area contributed by atoms with Crippen LogP contribution in [0.2, 0.25) is 0 Å². The van der Waals surface area contributed by atoms with E-state index in [1.807, 2.05) is 29.2 Å². The Kier molecular flexibility index (Phi) is 5.65. The monoisotopic (exact) mass is 335 g/mol. The van der Waals surface area contributed by atoms with Crippen molar-refractivity contribution in [1.82, 2.24) is 14.8 Å². The molecule has 0 aliphatic carbocycles. The second-order valence-corrected chi connectivity index (χ2v) is 5.90. The molecule has 2 heterocycles. The molecule has 0 atom stereocenters. The van der Waals surface area contributed by atoms with E-state index in [-0.39, 0.29) is 5.91 Å². The standard InChI is InChI=1S/C20H21N3O2/c1-2-3-11-22-12-14-23(15-13-22)20(24)17-6-8-18(9-7-17)25-19-5-4-10-21-16-19/h1,4-10,16H,3,11-15H2. The quantitative estimate of drug-likeness (QED) is 0.788. The summed E-state index contributed by atoms with van der Waals surface area (Å²) in [4.78, 5) is 20.8. The molecule has 0 radical (unpaired) electrons. The zero-order chi connectivity index (χ0) is 17.5. The number of hydrogen-bond acceptors (Lipinski definition) is 4. The Bertz CT molecular complexity index is 730. The number of pyridine rings is 1. The summed E-state index contributed by atoms with van der Waals surface area (Å²) >= 11 is 0. The van der Waals surface area contributed by atoms with Crippen LogP contribution in [0.3, 0.4) is 0 Å². The maximum absolute atomic E-state index is 12.6. The lowest BCUT2D eigenvalue weighted by Gasteiger charge is -2.34. The molecule has 0 unspecified atom stereocenters. The lowest BCUT2D eigenvalue weighted by Crippen LogP contribution is -2.48. The summed E-state index contributed by atoms with van der Waals surface area (Å²) in [6, 6.07) is 10.9. The maximum atomic E-state index is 12.6. The van der Waals surface area contributed by atoms with E-state index in [1.165, 1.54) is 0 Å². The Labute approximate surface area is 148 Å². The Balaban J connectivity index is 1.55. The highest BCUT2D eigenvalue weighted by atomic mass is 16.5. The minimum atomic E-state index is 0.0597. The number of piperazine rings is 1. The van der Waals surface area contributed by atoms with Gasteiger partial charge in [0.05, 0.1) is 6.20 Å². The van der Waals surface area contributed by atoms with Crippen molar-refractivity contribution in [3.63, 3.8) is 0 Å². The SMILES string of the molecule is C#CCCN1CCN(C(=O)c2ccc(Oc3cccnc3)cc2)CC1. The van der Waals surface area contributed by atoms with E-state index in [4.69, 9.17) is 11.2 Å². The van der Waals surface area contributed by atoms with Crippen molar-refractivity contribution in [2.45, 2.75) is 6.42 Å². The van der Waals surface area contributed by atoms with Gasteiger partial charge in [0.1, 0.15) is 11.5 Å². The van der Waals surface area contributed by atoms with Crippen LogP contribution in [0, 0.1) is 12.3 Å². The first kappa shape index (κ1) is 17.0. The van der Waals surface area contributed by atoms with E-state index in [1.54, 1.807) is 24.5 Å². The molecule has 2 aromatic rings. The fraction of sp³-hybridized carbons (Fsp3) is 0.300. The molecule has 5 heteroatoms. The fourth-order valence-electron chi connectivity index (χ4n) is 2.79. The van der Waals surface area contributed by atoms with Crippen LogP contribution >= 0.6 is 0 Å². The lowest BCUT2D eigenvalue weighted by atomic mass is 10.1. The first-order valence-electron chi connectivity index (χ1n) is 8.39. The topological polar surface area (TPSA) is 45.7 Å². The van der Waals surface area contributed by atoms with Crippen LogP contribution in [0.1, 0.15) is 16.8 Å². The summed E-state index contributed by atoms with van der Waals surface area (Å²) in [6.45, 7) is 4.11. The normalized spacial score (nSPS) is 14.8. The van der Waals surface area contributed by atoms with Crippen LogP contribution < -0.4 is 4.74 Å². The number of terminal acetylenes is 1. The molecule has 1 saturated heterocycles. The zero-order valence-corrected chi connectivity index (χ0v) is 14.1. The third kappa shape index (κ3) is 4.59. The van der Waals surface area contributed by atoms with Crippen molar-refractivity contribution in [2.75, 3.05) is 32.7 Å². The van der Waals surface area contributed by atoms with Gasteiger partial charge in [-0.05, 0) is 36.4 Å². The van der Waals surface area contributed by atoms with Gasteiger partial charge in [-0.3, -0.25) is 14.7 Å². The first-order valence-corrected chi connectivity index (χ1v) is 8.39. The summed E-state index contributed by atoms with van der Waals surface area (Å²) in [7, 11) is 0. The molecule has 128 valence electrons. The number of nitrogens with zero attached hydrogens (tertiary/aromatic N) is 3. The van der Waals surface area contributed by atoms with Crippen LogP contribution in [0.5, 0.6) is 11.5 Å². The molecule has 1 aromatic carbocycles. The molecule has 1 aliphatic heterocycles. The van der Waals surface area contributed by atoms with Gasteiger partial charge < -0.3 is 9.64 Å². The second-order valence-electron chi connectivity index (χ2n) is 5.90. The predicted octanol–water partition coefficient (Wildman–Crippen LogP) is 2.66. The summed E-state index contributed by atoms with van der Waals surface area (Å²) in [5, 5.41) is 0. The number of hydrogen-bond donors (Lipinski definition) is 0. The Hall–Kier alpha value is -2.84. The Morgan fingerprint density at radius 3 is 2.52 bits per heavy atom. The molecule has 0 spiro atoms. The lowest BCUT2D eigenvalue weighted by molar-refractivity contribution is 0.0640. The largest absolute Gasteiger partial charge is 0.456 e. The third-order valence-corrected chi connectivity index (χ3v) is 4.20. The van der Waals surface area contributed by atoms with Gasteiger partial charge in [-0.25, -0.2) is 0 Å². The van der Waals surface area contributed by atoms with Crippen LogP contribution in [0.15, 0.2) is 48.8 Å². The van der Waals surface area contributed by atoms with Gasteiger partial charge in [-0.2, -0.15) is 0 Å². The predicted molar refractivity (Wildman–Crippen MR) is 96.5 cm³/mol. The molecule has 1 fully saturated rings. The number of amides is 1. The van der Waals surface area contributed by atoms with E-state index in [2.05, 4.69) is 15.8 Å². The van der Waals surface area contributed by atoms with E-state index in [0.717, 1.165) is 39.1 Å². The summed E-state index contributed by atoms with van der Waals surface area (Å²) in [6.07, 6.45) is 9.41. The first-order chi connectivity index (χ1) is 12.3. The summed E-state index contributed by atoms with van der Waals surface area (Å²) in [5.74, 6) is 4.07. The van der Waals surface area contributed by atoms with Gasteiger partial charge >= 0.3 is 0 Å². The molecule has 3 rings (SSSR count). The molecule has 0 saturated carbocycles. The molecule has 1 aromatic heterocycles. The Morgan fingerprint density at radius 1 is 1.12 bits per heavy atom. The van der Waals surface area contributed by atoms with Gasteiger partial charge in [0.2, 0.25) is 0 Å². The molecule has 0 bridgehead atoms. The van der Waals surface area contributed by atoms with Crippen molar-refractivity contribution in [1.29, 1.82) is 0 Å². The van der Waals surface area contributed by atoms with Gasteiger partial charge in [-0.15, -0.1) is 12.3 Å². The van der Waals surface area contributed by atoms with Gasteiger partial charge in [0, 0.05) is 50.9 Å². The van der Waals surface area contributed by atoms with Gasteiger partial charge in [0.15, 0.2) is 0 Å². The van der Waals surface area contributed by atoms with E-state index in [9.17, 15) is 4.79 Å². The van der Waals surface area contributed by atoms with E-state index >= 15 is 0 Å². The van der Waals surface area contributed by atoms with Crippen LogP contribution in [-0.2, 0) is 0 Å². The highest BCUT2D eigenvalue weighted by Gasteiger charge is 2.21. The number of ether oxygens (including phenoxy) is 1. The van der Waals surface area contributed by atoms with Crippen molar-refractivity contribution in [2.24, 2.45) is 0 Å². The molecule has 5 nitrogen and oxygen atoms in total. The maximum Gasteiger partial charge on any atom is 0.253 e. The van der Waals surface area contributed by atoms with Gasteiger partial charge in [-0.1, -0.05) is 0 Å². The third-order valence-electron chi connectivity index (χ3n) is 4.20. The number of aromatic nitrogens is 1. The van der Waals surface area contributed by atoms with Crippen molar-refractivity contribution in [3.05, 3.63) is 54.4 Å². The molecular formula is C20H21N3O2. The minimum absolute atomic E-state index is 0.0597. The molecular weight excluding hydrogens is 314 g/mol. The van der Waals surface area contributed by atoms with E-state index in [0.29, 0.717) is 17.1 Å². The molecule has 1 aliphatic rings. The zero-order valence-electron chi connectivity index (χ0n) is 14.1. The van der Waals surface area contributed by atoms with Crippen molar-refractivity contribution in [3.8, 4) is 23.8 Å². The van der Waals surface area contributed by atoms with Crippen molar-refractivity contribution >= 4 is 5.91 Å².